The fourth-order valence-electron chi connectivity index (χ4n) is 2.72. The molecule has 1 fully saturated rings. The number of carbonyl (C=O) groups excluding carboxylic acids is 1. The Morgan fingerprint density at radius 1 is 1.43 bits per heavy atom. The highest BCUT2D eigenvalue weighted by Gasteiger charge is 2.27. The smallest absolute Gasteiger partial charge is 0.227 e. The van der Waals surface area contributed by atoms with E-state index in [0.717, 1.165) is 19.3 Å². The fourth-order valence-corrected chi connectivity index (χ4v) is 2.72. The zero-order chi connectivity index (χ0) is 15.5. The van der Waals surface area contributed by atoms with E-state index in [0.29, 0.717) is 17.1 Å². The Morgan fingerprint density at radius 3 is 2.87 bits per heavy atom. The number of ether oxygens (including phenoxy) is 1. The van der Waals surface area contributed by atoms with Crippen LogP contribution >= 0.6 is 12.4 Å². The van der Waals surface area contributed by atoms with E-state index in [1.165, 1.54) is 11.0 Å². The van der Waals surface area contributed by atoms with Crippen molar-refractivity contribution in [2.24, 2.45) is 11.7 Å². The van der Waals surface area contributed by atoms with Gasteiger partial charge in [0, 0.05) is 17.6 Å². The van der Waals surface area contributed by atoms with E-state index in [-0.39, 0.29) is 30.3 Å². The number of aromatic nitrogens is 4. The van der Waals surface area contributed by atoms with Gasteiger partial charge in [-0.15, -0.1) is 17.5 Å². The lowest BCUT2D eigenvalue weighted by atomic mass is 10.1. The average molecular weight is 339 g/mol. The van der Waals surface area contributed by atoms with Crippen LogP contribution in [0, 0.1) is 5.92 Å². The Labute approximate surface area is 139 Å². The Hall–Kier alpha value is -2.19. The summed E-state index contributed by atoms with van der Waals surface area (Å²) in [6.07, 6.45) is 3.95. The molecular weight excluding hydrogens is 320 g/mol. The highest BCUT2D eigenvalue weighted by atomic mass is 35.5. The van der Waals surface area contributed by atoms with Crippen molar-refractivity contribution in [2.45, 2.75) is 25.3 Å². The fraction of sp³-hybridized carbons (Fsp3) is 0.429. The molecule has 1 aliphatic rings. The number of halogens is 1. The van der Waals surface area contributed by atoms with Gasteiger partial charge in [-0.2, -0.15) is 4.68 Å². The molecule has 2 unspecified atom stereocenters. The van der Waals surface area contributed by atoms with Crippen LogP contribution in [-0.4, -0.2) is 39.3 Å². The summed E-state index contributed by atoms with van der Waals surface area (Å²) in [4.78, 5) is 12.3. The first-order valence-electron chi connectivity index (χ1n) is 7.15. The van der Waals surface area contributed by atoms with Gasteiger partial charge in [-0.25, -0.2) is 0 Å². The van der Waals surface area contributed by atoms with Gasteiger partial charge in [0.05, 0.1) is 7.11 Å². The summed E-state index contributed by atoms with van der Waals surface area (Å²) in [5.74, 6) is 0.600. The van der Waals surface area contributed by atoms with Crippen LogP contribution in [0.3, 0.4) is 0 Å². The molecule has 1 saturated carbocycles. The molecule has 0 spiro atoms. The Kier molecular flexibility index (Phi) is 5.51. The first-order valence-corrected chi connectivity index (χ1v) is 7.15. The second kappa shape index (κ2) is 7.38. The van der Waals surface area contributed by atoms with Crippen molar-refractivity contribution in [1.29, 1.82) is 0 Å². The number of amides is 1. The van der Waals surface area contributed by atoms with E-state index in [9.17, 15) is 4.79 Å². The van der Waals surface area contributed by atoms with Gasteiger partial charge in [-0.3, -0.25) is 4.79 Å². The Bertz CT molecular complexity index is 663. The number of nitrogens with two attached hydrogens (primary N) is 1. The summed E-state index contributed by atoms with van der Waals surface area (Å²) in [5.41, 5.74) is 7.20. The molecule has 2 aromatic rings. The third-order valence-electron chi connectivity index (χ3n) is 3.89. The number of hydrogen-bond donors (Lipinski definition) is 2. The molecule has 0 saturated heterocycles. The highest BCUT2D eigenvalue weighted by molar-refractivity contribution is 5.93. The lowest BCUT2D eigenvalue weighted by molar-refractivity contribution is -0.119. The van der Waals surface area contributed by atoms with Crippen molar-refractivity contribution in [3.05, 3.63) is 24.5 Å². The van der Waals surface area contributed by atoms with E-state index >= 15 is 0 Å². The molecule has 0 bridgehead atoms. The standard InChI is InChI=1S/C14H18N6O2.ClH/c1-22-13-5-4-11(7-12(13)20-8-16-18-19-20)17-14(21)9-2-3-10(15)6-9;/h4-5,7-10H,2-3,6,15H2,1H3,(H,17,21);1H. The summed E-state index contributed by atoms with van der Waals surface area (Å²) >= 11 is 0. The molecule has 2 atom stereocenters. The van der Waals surface area contributed by atoms with Crippen LogP contribution in [0.15, 0.2) is 24.5 Å². The summed E-state index contributed by atoms with van der Waals surface area (Å²) < 4.78 is 6.78. The van der Waals surface area contributed by atoms with Crippen LogP contribution in [0.2, 0.25) is 0 Å². The van der Waals surface area contributed by atoms with Crippen LogP contribution < -0.4 is 15.8 Å². The van der Waals surface area contributed by atoms with E-state index in [2.05, 4.69) is 20.8 Å². The van der Waals surface area contributed by atoms with E-state index in [4.69, 9.17) is 10.5 Å². The number of nitrogens with zero attached hydrogens (tertiary/aromatic N) is 4. The first-order chi connectivity index (χ1) is 10.7. The van der Waals surface area contributed by atoms with E-state index in [1.807, 2.05) is 0 Å². The topological polar surface area (TPSA) is 108 Å². The number of methoxy groups -OCH3 is 1. The molecule has 3 rings (SSSR count). The third kappa shape index (κ3) is 3.77. The number of nitrogens with one attached hydrogen (secondary N) is 1. The van der Waals surface area contributed by atoms with Crippen molar-refractivity contribution in [1.82, 2.24) is 20.2 Å². The predicted molar refractivity (Wildman–Crippen MR) is 86.9 cm³/mol. The molecule has 1 aliphatic carbocycles. The molecule has 1 heterocycles. The quantitative estimate of drug-likeness (QED) is 0.866. The van der Waals surface area contributed by atoms with Crippen LogP contribution in [0.5, 0.6) is 5.75 Å². The van der Waals surface area contributed by atoms with E-state index in [1.54, 1.807) is 25.3 Å². The lowest BCUT2D eigenvalue weighted by Gasteiger charge is -2.13. The number of hydrogen-bond acceptors (Lipinski definition) is 6. The van der Waals surface area contributed by atoms with Crippen LogP contribution in [0.4, 0.5) is 5.69 Å². The minimum Gasteiger partial charge on any atom is -0.494 e. The Morgan fingerprint density at radius 2 is 2.26 bits per heavy atom. The van der Waals surface area contributed by atoms with Crippen molar-refractivity contribution >= 4 is 24.0 Å². The minimum atomic E-state index is -0.0198. The number of carbonyl (C=O) groups is 1. The second-order valence-electron chi connectivity index (χ2n) is 5.40. The van der Waals surface area contributed by atoms with Gasteiger partial charge in [0.25, 0.3) is 0 Å². The van der Waals surface area contributed by atoms with Gasteiger partial charge in [0.15, 0.2) is 0 Å². The summed E-state index contributed by atoms with van der Waals surface area (Å²) in [5, 5.41) is 14.0. The van der Waals surface area contributed by atoms with E-state index < -0.39 is 0 Å². The zero-order valence-corrected chi connectivity index (χ0v) is 13.5. The maximum absolute atomic E-state index is 12.3. The minimum absolute atomic E-state index is 0. The van der Waals surface area contributed by atoms with Crippen LogP contribution in [0.25, 0.3) is 5.69 Å². The molecule has 3 N–H and O–H groups in total. The van der Waals surface area contributed by atoms with Gasteiger partial charge in [-0.05, 0) is 47.9 Å². The zero-order valence-electron chi connectivity index (χ0n) is 12.7. The number of rotatable bonds is 4. The number of tetrazole rings is 1. The van der Waals surface area contributed by atoms with Crippen molar-refractivity contribution in [2.75, 3.05) is 12.4 Å². The van der Waals surface area contributed by atoms with Gasteiger partial charge < -0.3 is 15.8 Å². The molecule has 1 amide bonds. The van der Waals surface area contributed by atoms with Gasteiger partial charge in [-0.1, -0.05) is 0 Å². The van der Waals surface area contributed by atoms with Crippen molar-refractivity contribution in [3.8, 4) is 11.4 Å². The maximum Gasteiger partial charge on any atom is 0.227 e. The molecular formula is C14H19ClN6O2. The molecule has 9 heteroatoms. The van der Waals surface area contributed by atoms with Crippen molar-refractivity contribution in [3.63, 3.8) is 0 Å². The molecule has 1 aromatic carbocycles. The number of benzene rings is 1. The normalized spacial score (nSPS) is 19.9. The first kappa shape index (κ1) is 17.2. The molecule has 1 aromatic heterocycles. The van der Waals surface area contributed by atoms with Crippen molar-refractivity contribution < 1.29 is 9.53 Å². The van der Waals surface area contributed by atoms with Gasteiger partial charge in [0.2, 0.25) is 5.91 Å². The summed E-state index contributed by atoms with van der Waals surface area (Å²) in [6.45, 7) is 0. The highest BCUT2D eigenvalue weighted by Crippen LogP contribution is 2.28. The molecule has 8 nitrogen and oxygen atoms in total. The summed E-state index contributed by atoms with van der Waals surface area (Å²) in [7, 11) is 1.57. The predicted octanol–water partition coefficient (Wildman–Crippen LogP) is 1.16. The monoisotopic (exact) mass is 338 g/mol. The lowest BCUT2D eigenvalue weighted by Crippen LogP contribution is -2.23. The molecule has 0 aliphatic heterocycles. The Balaban J connectivity index is 0.00000192. The SMILES string of the molecule is COc1ccc(NC(=O)C2CCC(N)C2)cc1-n1cnnn1.Cl. The second-order valence-corrected chi connectivity index (χ2v) is 5.40. The largest absolute Gasteiger partial charge is 0.494 e. The summed E-state index contributed by atoms with van der Waals surface area (Å²) in [6, 6.07) is 5.47. The average Bonchev–Trinajstić information content (AvgIpc) is 3.18. The molecule has 0 radical (unpaired) electrons. The number of anilines is 1. The molecule has 124 valence electrons. The van der Waals surface area contributed by atoms with Gasteiger partial charge in [0.1, 0.15) is 17.8 Å². The van der Waals surface area contributed by atoms with Gasteiger partial charge >= 0.3 is 0 Å². The molecule has 23 heavy (non-hydrogen) atoms. The third-order valence-corrected chi connectivity index (χ3v) is 3.89. The van der Waals surface area contributed by atoms with Crippen LogP contribution in [-0.2, 0) is 4.79 Å². The van der Waals surface area contributed by atoms with Crippen LogP contribution in [0.1, 0.15) is 19.3 Å². The maximum atomic E-state index is 12.3.